The van der Waals surface area contributed by atoms with Crippen molar-refractivity contribution in [3.05, 3.63) is 504 Å². The molecule has 0 radical (unpaired) electrons. The first-order chi connectivity index (χ1) is 63.0. The number of para-hydroxylation sites is 4. The summed E-state index contributed by atoms with van der Waals surface area (Å²) in [6.45, 7) is 13.4. The zero-order valence-corrected chi connectivity index (χ0v) is 72.9. The van der Waals surface area contributed by atoms with Crippen LogP contribution in [0.3, 0.4) is 0 Å². The normalized spacial score (nSPS) is 12.9. The zero-order chi connectivity index (χ0) is 85.9. The van der Waals surface area contributed by atoms with E-state index in [1.54, 1.807) is 0 Å². The molecule has 0 N–H and O–H groups in total. The van der Waals surface area contributed by atoms with Gasteiger partial charge in [0.15, 0.2) is 0 Å². The van der Waals surface area contributed by atoms with E-state index in [0.29, 0.717) is 11.8 Å². The van der Waals surface area contributed by atoms with Crippen LogP contribution in [0.2, 0.25) is 0 Å². The van der Waals surface area contributed by atoms with Gasteiger partial charge in [-0.1, -0.05) is 284 Å². The molecule has 24 rings (SSSR count). The van der Waals surface area contributed by atoms with E-state index in [-0.39, 0.29) is 0 Å². The van der Waals surface area contributed by atoms with Gasteiger partial charge in [0.1, 0.15) is 0 Å². The number of aryl methyl sites for hydroxylation is 2. The molecule has 0 amide bonds. The Balaban J connectivity index is 0.000000147. The predicted molar refractivity (Wildman–Crippen MR) is 541 cm³/mol. The van der Waals surface area contributed by atoms with E-state index in [4.69, 9.17) is 0 Å². The van der Waals surface area contributed by atoms with Crippen LogP contribution in [0.25, 0.3) is 87.6 Å². The minimum Gasteiger partial charge on any atom is -0.310 e. The number of benzene rings is 20. The van der Waals surface area contributed by atoms with Crippen molar-refractivity contribution < 1.29 is 0 Å². The fourth-order valence-corrected chi connectivity index (χ4v) is 21.6. The first-order valence-electron chi connectivity index (χ1n) is 45.5. The van der Waals surface area contributed by atoms with Gasteiger partial charge in [0.25, 0.3) is 0 Å². The van der Waals surface area contributed by atoms with Gasteiger partial charge in [-0.25, -0.2) is 0 Å². The van der Waals surface area contributed by atoms with Gasteiger partial charge < -0.3 is 19.6 Å². The number of anilines is 12. The lowest BCUT2D eigenvalue weighted by molar-refractivity contribution is 0.796. The van der Waals surface area contributed by atoms with Crippen LogP contribution < -0.4 is 19.6 Å². The Bertz CT molecular complexity index is 7230. The first-order valence-corrected chi connectivity index (χ1v) is 45.5. The molecule has 0 saturated heterocycles. The fourth-order valence-electron chi connectivity index (χ4n) is 21.6. The molecular formula is C124H96N4. The third-order valence-electron chi connectivity index (χ3n) is 27.9. The van der Waals surface area contributed by atoms with Crippen molar-refractivity contribution in [3.63, 3.8) is 0 Å². The summed E-state index contributed by atoms with van der Waals surface area (Å²) in [7, 11) is 0. The summed E-state index contributed by atoms with van der Waals surface area (Å²) in [5.74, 6) is 0.936. The van der Waals surface area contributed by atoms with Crippen LogP contribution in [-0.2, 0) is 23.7 Å². The van der Waals surface area contributed by atoms with Crippen LogP contribution >= 0.6 is 0 Å². The monoisotopic (exact) mass is 1640 g/mol. The van der Waals surface area contributed by atoms with Crippen LogP contribution in [0.15, 0.2) is 437 Å². The first kappa shape index (κ1) is 77.4. The molecule has 0 saturated carbocycles. The highest BCUT2D eigenvalue weighted by molar-refractivity contribution is 6.08. The Hall–Kier alpha value is -15.4. The molecule has 4 aliphatic carbocycles. The number of fused-ring (bicyclic) bond motifs is 24. The maximum absolute atomic E-state index is 2.52. The highest BCUT2D eigenvalue weighted by atomic mass is 15.2. The Labute approximate surface area is 750 Å². The maximum atomic E-state index is 2.52. The second-order valence-electron chi connectivity index (χ2n) is 35.6. The van der Waals surface area contributed by atoms with Crippen LogP contribution in [0.4, 0.5) is 68.2 Å². The van der Waals surface area contributed by atoms with Gasteiger partial charge in [-0.05, 0) is 373 Å². The minimum atomic E-state index is -0.496. The van der Waals surface area contributed by atoms with Gasteiger partial charge >= 0.3 is 0 Å². The third-order valence-corrected chi connectivity index (χ3v) is 27.9. The van der Waals surface area contributed by atoms with E-state index in [1.807, 2.05) is 0 Å². The Morgan fingerprint density at radius 3 is 0.602 bits per heavy atom. The number of nitrogens with zero attached hydrogens (tertiary/aromatic N) is 4. The molecule has 4 aliphatic rings. The second-order valence-corrected chi connectivity index (χ2v) is 35.6. The maximum Gasteiger partial charge on any atom is 0.0725 e. The quantitative estimate of drug-likeness (QED) is 0.0956. The van der Waals surface area contributed by atoms with Gasteiger partial charge in [0.05, 0.1) is 10.8 Å². The minimum absolute atomic E-state index is 0.468. The molecular weight excluding hydrogens is 1550 g/mol. The van der Waals surface area contributed by atoms with Crippen molar-refractivity contribution in [2.75, 3.05) is 19.6 Å². The SMILES string of the molecule is CC(C)c1ccc(N(c2ccccc2)c2ccc3cc4c(cc3c2)C2(c3ccccc3-c3ccccc32)c2cc3cc(N(c5ccccc5)c5ccc(C(C)C)cc5)ccc3cc2-4)cc1.CCc1ccc(N(c2ccccc2)c2ccc3cc4c(cc3c2)C2(c3ccccc3-c3ccccc32)c2cc3cc(N(c5ccccc5)c5ccc(CC)cc5)ccc3cc2-4)cc1. The van der Waals surface area contributed by atoms with Gasteiger partial charge in [-0.3, -0.25) is 0 Å². The molecule has 20 aromatic rings. The van der Waals surface area contributed by atoms with Crippen molar-refractivity contribution in [2.24, 2.45) is 0 Å². The molecule has 2 spiro atoms. The summed E-state index contributed by atoms with van der Waals surface area (Å²) in [5, 5.41) is 9.84. The molecule has 0 aromatic heterocycles. The van der Waals surface area contributed by atoms with Crippen molar-refractivity contribution in [2.45, 2.75) is 77.0 Å². The highest BCUT2D eigenvalue weighted by Crippen LogP contribution is 2.66. The molecule has 20 aromatic carbocycles. The van der Waals surface area contributed by atoms with Gasteiger partial charge in [-0.2, -0.15) is 0 Å². The summed E-state index contributed by atoms with van der Waals surface area (Å²) < 4.78 is 0. The summed E-state index contributed by atoms with van der Waals surface area (Å²) in [6.07, 6.45) is 2.03. The van der Waals surface area contributed by atoms with E-state index in [0.717, 1.165) is 81.1 Å². The van der Waals surface area contributed by atoms with E-state index in [1.165, 1.54) is 154 Å². The van der Waals surface area contributed by atoms with Gasteiger partial charge in [0.2, 0.25) is 0 Å². The molecule has 0 fully saturated rings. The number of hydrogen-bond acceptors (Lipinski definition) is 4. The van der Waals surface area contributed by atoms with Crippen LogP contribution in [0, 0.1) is 0 Å². The predicted octanol–water partition coefficient (Wildman–Crippen LogP) is 33.9. The van der Waals surface area contributed by atoms with E-state index in [2.05, 4.69) is 498 Å². The van der Waals surface area contributed by atoms with Gasteiger partial charge in [-0.15, -0.1) is 0 Å². The Kier molecular flexibility index (Phi) is 19.0. The smallest absolute Gasteiger partial charge is 0.0725 e. The lowest BCUT2D eigenvalue weighted by Crippen LogP contribution is -2.25. The summed E-state index contributed by atoms with van der Waals surface area (Å²) in [5.41, 5.74) is 39.3. The Morgan fingerprint density at radius 2 is 0.375 bits per heavy atom. The standard InChI is InChI=1S/C63H50N2.C61H46N2/c1-41(2)43-23-29-51(30-24-43)64(49-15-7-5-8-16-49)53-33-27-45-37-57-58-38-46-28-34-54(65(50-17-9-6-10-18-50)52-31-25-44(26-32-52)42(3)4)36-48(46)40-62(58)63(61(57)39-47(45)35-53)59-21-13-11-19-55(59)56-20-12-14-22-60(56)63;1-3-41-23-29-49(30-24-41)62(47-15-7-5-8-16-47)51-33-27-43-37-55-56-38-44-28-34-52(63(48-17-9-6-10-18-48)50-31-25-42(4-2)26-32-50)36-46(44)40-60(56)61(59(55)39-45(43)35-51)57-21-13-11-19-53(57)54-20-12-14-22-58(54)61/h5-42H,1-4H3;5-40H,3-4H2,1-2H3. The van der Waals surface area contributed by atoms with E-state index < -0.39 is 10.8 Å². The molecule has 0 atom stereocenters. The van der Waals surface area contributed by atoms with Crippen molar-refractivity contribution in [3.8, 4) is 44.5 Å². The van der Waals surface area contributed by atoms with Crippen molar-refractivity contribution in [1.29, 1.82) is 0 Å². The zero-order valence-electron chi connectivity index (χ0n) is 72.9. The Morgan fingerprint density at radius 1 is 0.172 bits per heavy atom. The summed E-state index contributed by atoms with van der Waals surface area (Å²) in [4.78, 5) is 9.56. The molecule has 0 aliphatic heterocycles. The molecule has 128 heavy (non-hydrogen) atoms. The van der Waals surface area contributed by atoms with Crippen LogP contribution in [0.5, 0.6) is 0 Å². The molecule has 612 valence electrons. The fraction of sp³-hybridized carbons (Fsp3) is 0.0968. The molecule has 0 heterocycles. The van der Waals surface area contributed by atoms with Crippen molar-refractivity contribution >= 4 is 111 Å². The van der Waals surface area contributed by atoms with E-state index >= 15 is 0 Å². The summed E-state index contributed by atoms with van der Waals surface area (Å²) in [6, 6.07) is 164. The second kappa shape index (κ2) is 31.4. The van der Waals surface area contributed by atoms with Gasteiger partial charge in [0, 0.05) is 68.2 Å². The average Bonchev–Trinajstić information content (AvgIpc) is 1.51. The number of rotatable bonds is 16. The van der Waals surface area contributed by atoms with Crippen LogP contribution in [-0.4, -0.2) is 0 Å². The molecule has 0 unspecified atom stereocenters. The van der Waals surface area contributed by atoms with Crippen LogP contribution in [0.1, 0.15) is 120 Å². The topological polar surface area (TPSA) is 13.0 Å². The molecule has 0 bridgehead atoms. The highest BCUT2D eigenvalue weighted by Gasteiger charge is 2.54. The average molecular weight is 1640 g/mol. The lowest BCUT2D eigenvalue weighted by atomic mass is 9.70. The summed E-state index contributed by atoms with van der Waals surface area (Å²) >= 11 is 0. The third kappa shape index (κ3) is 12.6. The van der Waals surface area contributed by atoms with Crippen molar-refractivity contribution in [1.82, 2.24) is 0 Å². The van der Waals surface area contributed by atoms with E-state index in [9.17, 15) is 0 Å². The lowest BCUT2D eigenvalue weighted by Gasteiger charge is -2.31. The molecule has 4 nitrogen and oxygen atoms in total. The largest absolute Gasteiger partial charge is 0.310 e. The number of hydrogen-bond donors (Lipinski definition) is 0. The molecule has 4 heteroatoms.